The van der Waals surface area contributed by atoms with E-state index in [2.05, 4.69) is 5.32 Å². The molecule has 1 N–H and O–H groups in total. The summed E-state index contributed by atoms with van der Waals surface area (Å²) in [7, 11) is 1.34. The Morgan fingerprint density at radius 1 is 1.24 bits per heavy atom. The first-order chi connectivity index (χ1) is 10.0. The SMILES string of the molecule is COc1ccc(CNc2cc(F)ccc2F)cc1[N+](=O)[O-]. The van der Waals surface area contributed by atoms with Gasteiger partial charge in [0.15, 0.2) is 5.75 Å². The maximum Gasteiger partial charge on any atom is 0.311 e. The van der Waals surface area contributed by atoms with Crippen LogP contribution in [0.2, 0.25) is 0 Å². The van der Waals surface area contributed by atoms with Crippen LogP contribution in [0, 0.1) is 21.7 Å². The summed E-state index contributed by atoms with van der Waals surface area (Å²) in [5.41, 5.74) is 0.358. The van der Waals surface area contributed by atoms with Crippen LogP contribution in [0.25, 0.3) is 0 Å². The second-order valence-electron chi connectivity index (χ2n) is 4.24. The molecule has 2 aromatic carbocycles. The van der Waals surface area contributed by atoms with Crippen LogP contribution in [0.4, 0.5) is 20.2 Å². The van der Waals surface area contributed by atoms with E-state index < -0.39 is 16.6 Å². The summed E-state index contributed by atoms with van der Waals surface area (Å²) in [4.78, 5) is 10.3. The zero-order valence-corrected chi connectivity index (χ0v) is 11.1. The highest BCUT2D eigenvalue weighted by molar-refractivity contribution is 5.50. The van der Waals surface area contributed by atoms with Crippen molar-refractivity contribution in [2.45, 2.75) is 6.54 Å². The van der Waals surface area contributed by atoms with Gasteiger partial charge >= 0.3 is 5.69 Å². The molecule has 2 rings (SSSR count). The van der Waals surface area contributed by atoms with Gasteiger partial charge in [-0.2, -0.15) is 0 Å². The van der Waals surface area contributed by atoms with Crippen LogP contribution in [-0.4, -0.2) is 12.0 Å². The standard InChI is InChI=1S/C14H12F2N2O3/c1-21-14-5-2-9(6-13(14)18(19)20)8-17-12-7-10(15)3-4-11(12)16/h2-7,17H,8H2,1H3. The lowest BCUT2D eigenvalue weighted by molar-refractivity contribution is -0.385. The molecule has 0 aliphatic carbocycles. The van der Waals surface area contributed by atoms with Crippen molar-refractivity contribution in [1.82, 2.24) is 0 Å². The second kappa shape index (κ2) is 6.17. The molecule has 0 atom stereocenters. The predicted octanol–water partition coefficient (Wildman–Crippen LogP) is 3.49. The summed E-state index contributed by atoms with van der Waals surface area (Å²) >= 11 is 0. The van der Waals surface area contributed by atoms with E-state index >= 15 is 0 Å². The number of hydrogen-bond acceptors (Lipinski definition) is 4. The van der Waals surface area contributed by atoms with Gasteiger partial charge in [-0.05, 0) is 29.8 Å². The average Bonchev–Trinajstić information content (AvgIpc) is 2.47. The van der Waals surface area contributed by atoms with E-state index in [0.29, 0.717) is 5.56 Å². The number of nitro benzene ring substituents is 1. The van der Waals surface area contributed by atoms with E-state index in [1.807, 2.05) is 0 Å². The summed E-state index contributed by atoms with van der Waals surface area (Å²) in [5.74, 6) is -1.03. The molecule has 5 nitrogen and oxygen atoms in total. The molecular weight excluding hydrogens is 282 g/mol. The van der Waals surface area contributed by atoms with Crippen molar-refractivity contribution in [3.63, 3.8) is 0 Å². The second-order valence-corrected chi connectivity index (χ2v) is 4.24. The maximum absolute atomic E-state index is 13.4. The predicted molar refractivity (Wildman–Crippen MR) is 73.3 cm³/mol. The van der Waals surface area contributed by atoms with Gasteiger partial charge in [0.2, 0.25) is 0 Å². The molecule has 0 bridgehead atoms. The minimum Gasteiger partial charge on any atom is -0.490 e. The number of anilines is 1. The number of benzene rings is 2. The van der Waals surface area contributed by atoms with Crippen LogP contribution in [0.3, 0.4) is 0 Å². The minimum atomic E-state index is -0.598. The fraction of sp³-hybridized carbons (Fsp3) is 0.143. The van der Waals surface area contributed by atoms with Crippen molar-refractivity contribution in [2.75, 3.05) is 12.4 Å². The first kappa shape index (κ1) is 14.7. The zero-order chi connectivity index (χ0) is 15.4. The van der Waals surface area contributed by atoms with E-state index in [-0.39, 0.29) is 23.7 Å². The van der Waals surface area contributed by atoms with Gasteiger partial charge in [0.1, 0.15) is 11.6 Å². The van der Waals surface area contributed by atoms with Gasteiger partial charge in [-0.1, -0.05) is 6.07 Å². The molecule has 0 spiro atoms. The molecule has 0 aliphatic rings. The van der Waals surface area contributed by atoms with Gasteiger partial charge in [0, 0.05) is 12.6 Å². The van der Waals surface area contributed by atoms with E-state index in [1.54, 1.807) is 6.07 Å². The Balaban J connectivity index is 2.18. The first-order valence-corrected chi connectivity index (χ1v) is 6.01. The van der Waals surface area contributed by atoms with Crippen LogP contribution in [0.15, 0.2) is 36.4 Å². The summed E-state index contributed by atoms with van der Waals surface area (Å²) < 4.78 is 31.4. The molecule has 0 heterocycles. The monoisotopic (exact) mass is 294 g/mol. The molecule has 0 aromatic heterocycles. The van der Waals surface area contributed by atoms with Gasteiger partial charge in [-0.15, -0.1) is 0 Å². The number of ether oxygens (including phenoxy) is 1. The van der Waals surface area contributed by atoms with E-state index in [9.17, 15) is 18.9 Å². The van der Waals surface area contributed by atoms with Crippen molar-refractivity contribution >= 4 is 11.4 Å². The van der Waals surface area contributed by atoms with E-state index in [0.717, 1.165) is 18.2 Å². The number of rotatable bonds is 5. The third-order valence-electron chi connectivity index (χ3n) is 2.85. The molecule has 0 amide bonds. The Morgan fingerprint density at radius 2 is 2.00 bits per heavy atom. The summed E-state index contributed by atoms with van der Waals surface area (Å²) in [6.45, 7) is 0.116. The number of nitrogens with zero attached hydrogens (tertiary/aromatic N) is 1. The van der Waals surface area contributed by atoms with Crippen LogP contribution >= 0.6 is 0 Å². The molecule has 2 aromatic rings. The van der Waals surface area contributed by atoms with Gasteiger partial charge < -0.3 is 10.1 Å². The third kappa shape index (κ3) is 3.44. The largest absolute Gasteiger partial charge is 0.490 e. The molecule has 21 heavy (non-hydrogen) atoms. The number of nitrogens with one attached hydrogen (secondary N) is 1. The minimum absolute atomic E-state index is 0.00605. The number of hydrogen-bond donors (Lipinski definition) is 1. The van der Waals surface area contributed by atoms with E-state index in [4.69, 9.17) is 4.74 Å². The van der Waals surface area contributed by atoms with Crippen LogP contribution in [0.5, 0.6) is 5.75 Å². The van der Waals surface area contributed by atoms with Crippen LogP contribution < -0.4 is 10.1 Å². The highest BCUT2D eigenvalue weighted by Crippen LogP contribution is 2.28. The Morgan fingerprint density at radius 3 is 2.67 bits per heavy atom. The topological polar surface area (TPSA) is 64.4 Å². The molecule has 0 unspecified atom stereocenters. The number of nitro groups is 1. The Labute approximate surface area is 119 Å². The molecule has 0 aliphatic heterocycles. The van der Waals surface area contributed by atoms with Crippen molar-refractivity contribution in [3.8, 4) is 5.75 Å². The van der Waals surface area contributed by atoms with Gasteiger partial charge in [-0.25, -0.2) is 8.78 Å². The highest BCUT2D eigenvalue weighted by Gasteiger charge is 2.15. The summed E-state index contributed by atoms with van der Waals surface area (Å²) in [6.07, 6.45) is 0. The quantitative estimate of drug-likeness (QED) is 0.677. The lowest BCUT2D eigenvalue weighted by atomic mass is 10.2. The van der Waals surface area contributed by atoms with Crippen LogP contribution in [0.1, 0.15) is 5.56 Å². The lowest BCUT2D eigenvalue weighted by Gasteiger charge is -2.09. The Hall–Kier alpha value is -2.70. The van der Waals surface area contributed by atoms with Gasteiger partial charge in [-0.3, -0.25) is 10.1 Å². The number of methoxy groups -OCH3 is 1. The first-order valence-electron chi connectivity index (χ1n) is 6.01. The molecule has 0 radical (unpaired) electrons. The van der Waals surface area contributed by atoms with Crippen molar-refractivity contribution in [3.05, 3.63) is 63.7 Å². The van der Waals surface area contributed by atoms with Gasteiger partial charge in [0.05, 0.1) is 17.7 Å². The lowest BCUT2D eigenvalue weighted by Crippen LogP contribution is -2.03. The Kier molecular flexibility index (Phi) is 4.32. The molecular formula is C14H12F2N2O3. The van der Waals surface area contributed by atoms with Crippen LogP contribution in [-0.2, 0) is 6.54 Å². The third-order valence-corrected chi connectivity index (χ3v) is 2.85. The smallest absolute Gasteiger partial charge is 0.311 e. The van der Waals surface area contributed by atoms with E-state index in [1.165, 1.54) is 19.2 Å². The Bertz CT molecular complexity index is 677. The molecule has 0 saturated heterocycles. The van der Waals surface area contributed by atoms with Crippen molar-refractivity contribution < 1.29 is 18.4 Å². The normalized spacial score (nSPS) is 10.2. The zero-order valence-electron chi connectivity index (χ0n) is 11.1. The van der Waals surface area contributed by atoms with Crippen molar-refractivity contribution in [1.29, 1.82) is 0 Å². The summed E-state index contributed by atoms with van der Waals surface area (Å²) in [5, 5.41) is 13.6. The molecule has 7 heteroatoms. The highest BCUT2D eigenvalue weighted by atomic mass is 19.1. The fourth-order valence-corrected chi connectivity index (χ4v) is 1.82. The van der Waals surface area contributed by atoms with Gasteiger partial charge in [0.25, 0.3) is 0 Å². The maximum atomic E-state index is 13.4. The average molecular weight is 294 g/mol. The fourth-order valence-electron chi connectivity index (χ4n) is 1.82. The molecule has 110 valence electrons. The molecule has 0 saturated carbocycles. The number of halogens is 2. The summed E-state index contributed by atoms with van der Waals surface area (Å²) in [6, 6.07) is 7.43. The van der Waals surface area contributed by atoms with Crippen molar-refractivity contribution in [2.24, 2.45) is 0 Å². The molecule has 0 fully saturated rings.